The maximum atomic E-state index is 14.0. The van der Waals surface area contributed by atoms with Crippen molar-refractivity contribution >= 4 is 37.5 Å². The summed E-state index contributed by atoms with van der Waals surface area (Å²) < 4.78 is 42.9. The van der Waals surface area contributed by atoms with Gasteiger partial charge in [0.15, 0.2) is 0 Å². The number of amides is 1. The lowest BCUT2D eigenvalue weighted by Gasteiger charge is -2.38. The molecule has 0 radical (unpaired) electrons. The minimum Gasteiger partial charge on any atom is -0.366 e. The zero-order chi connectivity index (χ0) is 21.9. The molecule has 2 aromatic carbocycles. The number of nitrogens with zero attached hydrogens (tertiary/aromatic N) is 2. The Morgan fingerprint density at radius 3 is 2.20 bits per heavy atom. The molecule has 0 unspecified atom stereocenters. The standard InChI is InChI=1S/C21H25BrFN3O3S/c1-15(2)20(24-30(28,29)17-9-7-16(22)8-10-17)21(27)26-13-11-25(12-14-26)19-6-4-3-5-18(19)23/h3-10,15,20,24H,11-14H2,1-2H3/t20-/m0/s1. The third kappa shape index (κ3) is 5.19. The number of carbonyl (C=O) groups is 1. The Kier molecular flexibility index (Phi) is 7.15. The Balaban J connectivity index is 1.69. The maximum absolute atomic E-state index is 14.0. The molecule has 1 heterocycles. The van der Waals surface area contributed by atoms with Crippen LogP contribution in [0.5, 0.6) is 0 Å². The number of hydrogen-bond acceptors (Lipinski definition) is 4. The molecule has 2 aromatic rings. The van der Waals surface area contributed by atoms with Gasteiger partial charge in [0.2, 0.25) is 15.9 Å². The fraction of sp³-hybridized carbons (Fsp3) is 0.381. The van der Waals surface area contributed by atoms with Gasteiger partial charge in [-0.25, -0.2) is 12.8 Å². The van der Waals surface area contributed by atoms with Crippen LogP contribution < -0.4 is 9.62 Å². The number of sulfonamides is 1. The van der Waals surface area contributed by atoms with Crippen LogP contribution in [0.3, 0.4) is 0 Å². The van der Waals surface area contributed by atoms with Gasteiger partial charge in [-0.1, -0.05) is 41.9 Å². The number of para-hydroxylation sites is 1. The topological polar surface area (TPSA) is 69.7 Å². The highest BCUT2D eigenvalue weighted by Gasteiger charge is 2.33. The molecule has 9 heteroatoms. The largest absolute Gasteiger partial charge is 0.366 e. The van der Waals surface area contributed by atoms with Gasteiger partial charge in [-0.3, -0.25) is 4.79 Å². The van der Waals surface area contributed by atoms with Crippen molar-refractivity contribution in [2.75, 3.05) is 31.1 Å². The molecular weight excluding hydrogens is 473 g/mol. The molecule has 1 aliphatic heterocycles. The molecule has 1 amide bonds. The van der Waals surface area contributed by atoms with E-state index in [1.165, 1.54) is 18.2 Å². The third-order valence-corrected chi connectivity index (χ3v) is 7.11. The average molecular weight is 498 g/mol. The number of nitrogens with one attached hydrogen (secondary N) is 1. The van der Waals surface area contributed by atoms with Crippen molar-refractivity contribution in [3.63, 3.8) is 0 Å². The second-order valence-corrected chi connectivity index (χ2v) is 10.2. The van der Waals surface area contributed by atoms with Crippen molar-refractivity contribution in [3.05, 3.63) is 58.8 Å². The zero-order valence-corrected chi connectivity index (χ0v) is 19.3. The first-order chi connectivity index (χ1) is 14.2. The fourth-order valence-electron chi connectivity index (χ4n) is 3.39. The van der Waals surface area contributed by atoms with Crippen molar-refractivity contribution in [2.45, 2.75) is 24.8 Å². The van der Waals surface area contributed by atoms with Crippen LogP contribution in [-0.4, -0.2) is 51.4 Å². The van der Waals surface area contributed by atoms with E-state index >= 15 is 0 Å². The lowest BCUT2D eigenvalue weighted by molar-refractivity contribution is -0.134. The minimum atomic E-state index is -3.84. The van der Waals surface area contributed by atoms with E-state index in [2.05, 4.69) is 20.7 Å². The Labute approximate surface area is 185 Å². The Bertz CT molecular complexity index is 991. The molecule has 1 fully saturated rings. The van der Waals surface area contributed by atoms with Gasteiger partial charge in [-0.2, -0.15) is 4.72 Å². The number of anilines is 1. The minimum absolute atomic E-state index is 0.105. The Morgan fingerprint density at radius 2 is 1.63 bits per heavy atom. The quantitative estimate of drug-likeness (QED) is 0.664. The highest BCUT2D eigenvalue weighted by Crippen LogP contribution is 2.21. The summed E-state index contributed by atoms with van der Waals surface area (Å²) in [6, 6.07) is 11.9. The summed E-state index contributed by atoms with van der Waals surface area (Å²) in [5.74, 6) is -0.786. The summed E-state index contributed by atoms with van der Waals surface area (Å²) in [6.45, 7) is 5.38. The first-order valence-electron chi connectivity index (χ1n) is 9.75. The van der Waals surface area contributed by atoms with E-state index in [0.717, 1.165) is 4.47 Å². The van der Waals surface area contributed by atoms with E-state index in [4.69, 9.17) is 0 Å². The van der Waals surface area contributed by atoms with Crippen LogP contribution in [0.15, 0.2) is 57.9 Å². The van der Waals surface area contributed by atoms with Gasteiger partial charge in [-0.15, -0.1) is 0 Å². The van der Waals surface area contributed by atoms with Gasteiger partial charge in [-0.05, 0) is 42.3 Å². The molecular formula is C21H25BrFN3O3S. The van der Waals surface area contributed by atoms with E-state index in [1.54, 1.807) is 35.2 Å². The van der Waals surface area contributed by atoms with Crippen LogP contribution in [0.4, 0.5) is 10.1 Å². The van der Waals surface area contributed by atoms with Gasteiger partial charge >= 0.3 is 0 Å². The zero-order valence-electron chi connectivity index (χ0n) is 16.9. The van der Waals surface area contributed by atoms with Crippen LogP contribution in [0, 0.1) is 11.7 Å². The first-order valence-corrected chi connectivity index (χ1v) is 12.0. The first kappa shape index (κ1) is 22.7. The normalized spacial score (nSPS) is 16.0. The highest BCUT2D eigenvalue weighted by molar-refractivity contribution is 9.10. The van der Waals surface area contributed by atoms with Crippen LogP contribution >= 0.6 is 15.9 Å². The molecule has 1 aliphatic rings. The molecule has 1 atom stereocenters. The van der Waals surface area contributed by atoms with E-state index in [-0.39, 0.29) is 22.5 Å². The van der Waals surface area contributed by atoms with E-state index < -0.39 is 16.1 Å². The van der Waals surface area contributed by atoms with E-state index in [0.29, 0.717) is 31.9 Å². The molecule has 0 spiro atoms. The summed E-state index contributed by atoms with van der Waals surface area (Å²) in [5, 5.41) is 0. The second-order valence-electron chi connectivity index (χ2n) is 7.56. The molecule has 1 N–H and O–H groups in total. The summed E-state index contributed by atoms with van der Waals surface area (Å²) >= 11 is 3.28. The molecule has 30 heavy (non-hydrogen) atoms. The van der Waals surface area contributed by atoms with Gasteiger partial charge in [0.25, 0.3) is 0 Å². The molecule has 0 saturated carbocycles. The number of carbonyl (C=O) groups excluding carboxylic acids is 1. The maximum Gasteiger partial charge on any atom is 0.241 e. The van der Waals surface area contributed by atoms with Gasteiger partial charge in [0.05, 0.1) is 10.6 Å². The monoisotopic (exact) mass is 497 g/mol. The molecule has 162 valence electrons. The van der Waals surface area contributed by atoms with Crippen molar-refractivity contribution in [2.24, 2.45) is 5.92 Å². The summed E-state index contributed by atoms with van der Waals surface area (Å²) in [6.07, 6.45) is 0. The van der Waals surface area contributed by atoms with Crippen molar-refractivity contribution in [1.29, 1.82) is 0 Å². The second kappa shape index (κ2) is 9.45. The van der Waals surface area contributed by atoms with Gasteiger partial charge in [0.1, 0.15) is 11.9 Å². The predicted molar refractivity (Wildman–Crippen MR) is 118 cm³/mol. The summed E-state index contributed by atoms with van der Waals surface area (Å²) in [4.78, 5) is 16.8. The number of benzene rings is 2. The molecule has 0 aromatic heterocycles. The molecule has 0 bridgehead atoms. The average Bonchev–Trinajstić information content (AvgIpc) is 2.72. The van der Waals surface area contributed by atoms with Crippen LogP contribution in [0.2, 0.25) is 0 Å². The molecule has 6 nitrogen and oxygen atoms in total. The lowest BCUT2D eigenvalue weighted by Crippen LogP contribution is -2.56. The lowest BCUT2D eigenvalue weighted by atomic mass is 10.0. The number of hydrogen-bond donors (Lipinski definition) is 1. The van der Waals surface area contributed by atoms with Crippen LogP contribution in [0.25, 0.3) is 0 Å². The SMILES string of the molecule is CC(C)[C@H](NS(=O)(=O)c1ccc(Br)cc1)C(=O)N1CCN(c2ccccc2F)CC1. The number of piperazine rings is 1. The van der Waals surface area contributed by atoms with Gasteiger partial charge < -0.3 is 9.80 Å². The number of rotatable bonds is 6. The van der Waals surface area contributed by atoms with Gasteiger partial charge in [0, 0.05) is 30.7 Å². The summed E-state index contributed by atoms with van der Waals surface area (Å²) in [7, 11) is -3.84. The third-order valence-electron chi connectivity index (χ3n) is 5.12. The molecule has 1 saturated heterocycles. The van der Waals surface area contributed by atoms with E-state index in [1.807, 2.05) is 18.7 Å². The van der Waals surface area contributed by atoms with E-state index in [9.17, 15) is 17.6 Å². The highest BCUT2D eigenvalue weighted by atomic mass is 79.9. The smallest absolute Gasteiger partial charge is 0.241 e. The summed E-state index contributed by atoms with van der Waals surface area (Å²) in [5.41, 5.74) is 0.515. The van der Waals surface area contributed by atoms with Crippen molar-refractivity contribution < 1.29 is 17.6 Å². The predicted octanol–water partition coefficient (Wildman–Crippen LogP) is 3.24. The Hall–Kier alpha value is -1.97. The fourth-order valence-corrected chi connectivity index (χ4v) is 5.00. The van der Waals surface area contributed by atoms with Crippen molar-refractivity contribution in [1.82, 2.24) is 9.62 Å². The van der Waals surface area contributed by atoms with Crippen LogP contribution in [-0.2, 0) is 14.8 Å². The van der Waals surface area contributed by atoms with Crippen LogP contribution in [0.1, 0.15) is 13.8 Å². The molecule has 3 rings (SSSR count). The molecule has 0 aliphatic carbocycles. The van der Waals surface area contributed by atoms with Crippen molar-refractivity contribution in [3.8, 4) is 0 Å². The number of halogens is 2. The Morgan fingerprint density at radius 1 is 1.03 bits per heavy atom.